The number of nitrogens with one attached hydrogen (secondary N) is 1. The predicted molar refractivity (Wildman–Crippen MR) is 144 cm³/mol. The van der Waals surface area contributed by atoms with E-state index in [1.54, 1.807) is 42.5 Å². The van der Waals surface area contributed by atoms with Crippen molar-refractivity contribution in [2.75, 3.05) is 17.7 Å². The largest absolute Gasteiger partial charge is 0.484 e. The first kappa shape index (κ1) is 24.3. The van der Waals surface area contributed by atoms with Gasteiger partial charge in [0.15, 0.2) is 12.0 Å². The van der Waals surface area contributed by atoms with Crippen LogP contribution in [-0.4, -0.2) is 21.6 Å². The Bertz CT molecular complexity index is 1840. The molecule has 1 amide bonds. The fraction of sp³-hybridized carbons (Fsp3) is 0.0714. The van der Waals surface area contributed by atoms with Crippen LogP contribution in [0.1, 0.15) is 0 Å². The SMILES string of the molecule is Cn1c(=O)c(NC(=O)COc2ccc3oc(-c4ccccc4)cc(=O)c3c2)c(N)n(-c2ccccc2)c1=O. The van der Waals surface area contributed by atoms with Crippen molar-refractivity contribution in [1.29, 1.82) is 0 Å². The Morgan fingerprint density at radius 1 is 0.947 bits per heavy atom. The molecule has 2 aromatic heterocycles. The minimum absolute atomic E-state index is 0.213. The fourth-order valence-corrected chi connectivity index (χ4v) is 3.97. The summed E-state index contributed by atoms with van der Waals surface area (Å²) < 4.78 is 13.4. The van der Waals surface area contributed by atoms with E-state index in [1.165, 1.54) is 19.2 Å². The van der Waals surface area contributed by atoms with Gasteiger partial charge in [0.1, 0.15) is 28.6 Å². The van der Waals surface area contributed by atoms with Crippen molar-refractivity contribution in [1.82, 2.24) is 9.13 Å². The van der Waals surface area contributed by atoms with Gasteiger partial charge in [0, 0.05) is 18.7 Å². The topological polar surface area (TPSA) is 139 Å². The van der Waals surface area contributed by atoms with Gasteiger partial charge in [0.25, 0.3) is 11.5 Å². The zero-order valence-corrected chi connectivity index (χ0v) is 20.2. The Labute approximate surface area is 215 Å². The number of carbonyl (C=O) groups excluding carboxylic acids is 1. The van der Waals surface area contributed by atoms with Gasteiger partial charge >= 0.3 is 5.69 Å². The average Bonchev–Trinajstić information content (AvgIpc) is 2.94. The first-order chi connectivity index (χ1) is 18.3. The molecule has 5 aromatic rings. The molecule has 3 aromatic carbocycles. The number of carbonyl (C=O) groups is 1. The van der Waals surface area contributed by atoms with Gasteiger partial charge < -0.3 is 20.2 Å². The summed E-state index contributed by atoms with van der Waals surface area (Å²) in [5.74, 6) is -0.205. The number of nitrogen functional groups attached to an aromatic ring is 1. The van der Waals surface area contributed by atoms with Gasteiger partial charge in [0.2, 0.25) is 0 Å². The molecule has 0 atom stereocenters. The number of amides is 1. The molecular formula is C28H22N4O6. The van der Waals surface area contributed by atoms with E-state index in [4.69, 9.17) is 14.9 Å². The third kappa shape index (κ3) is 4.58. The van der Waals surface area contributed by atoms with Crippen LogP contribution in [0.4, 0.5) is 11.5 Å². The first-order valence-electron chi connectivity index (χ1n) is 11.6. The lowest BCUT2D eigenvalue weighted by Crippen LogP contribution is -2.41. The highest BCUT2D eigenvalue weighted by Crippen LogP contribution is 2.24. The second-order valence-electron chi connectivity index (χ2n) is 8.41. The number of fused-ring (bicyclic) bond motifs is 1. The second kappa shape index (κ2) is 9.94. The molecule has 38 heavy (non-hydrogen) atoms. The number of aromatic nitrogens is 2. The Hall–Kier alpha value is -5.38. The first-order valence-corrected chi connectivity index (χ1v) is 11.6. The molecule has 0 bridgehead atoms. The van der Waals surface area contributed by atoms with Gasteiger partial charge in [0.05, 0.1) is 11.1 Å². The third-order valence-corrected chi connectivity index (χ3v) is 5.90. The van der Waals surface area contributed by atoms with Crippen LogP contribution in [0.5, 0.6) is 5.75 Å². The minimum Gasteiger partial charge on any atom is -0.484 e. The number of hydrogen-bond donors (Lipinski definition) is 2. The van der Waals surface area contributed by atoms with Crippen molar-refractivity contribution in [2.24, 2.45) is 7.05 Å². The van der Waals surface area contributed by atoms with E-state index in [9.17, 15) is 19.2 Å². The van der Waals surface area contributed by atoms with Gasteiger partial charge in [-0.1, -0.05) is 48.5 Å². The molecule has 0 unspecified atom stereocenters. The highest BCUT2D eigenvalue weighted by molar-refractivity contribution is 5.94. The van der Waals surface area contributed by atoms with Crippen LogP contribution >= 0.6 is 0 Å². The second-order valence-corrected chi connectivity index (χ2v) is 8.41. The summed E-state index contributed by atoms with van der Waals surface area (Å²) >= 11 is 0. The van der Waals surface area contributed by atoms with E-state index in [1.807, 2.05) is 30.3 Å². The van der Waals surface area contributed by atoms with E-state index in [0.29, 0.717) is 17.0 Å². The molecule has 0 aliphatic carbocycles. The lowest BCUT2D eigenvalue weighted by molar-refractivity contribution is -0.118. The Morgan fingerprint density at radius 2 is 1.63 bits per heavy atom. The smallest absolute Gasteiger partial charge is 0.337 e. The van der Waals surface area contributed by atoms with Crippen molar-refractivity contribution < 1.29 is 13.9 Å². The van der Waals surface area contributed by atoms with E-state index < -0.39 is 23.8 Å². The normalized spacial score (nSPS) is 10.9. The highest BCUT2D eigenvalue weighted by atomic mass is 16.5. The quantitative estimate of drug-likeness (QED) is 0.358. The van der Waals surface area contributed by atoms with Crippen LogP contribution in [0.3, 0.4) is 0 Å². The van der Waals surface area contributed by atoms with E-state index in [-0.39, 0.29) is 28.1 Å². The molecule has 10 heteroatoms. The highest BCUT2D eigenvalue weighted by Gasteiger charge is 2.19. The summed E-state index contributed by atoms with van der Waals surface area (Å²) in [7, 11) is 1.29. The monoisotopic (exact) mass is 510 g/mol. The van der Waals surface area contributed by atoms with E-state index in [0.717, 1.165) is 14.7 Å². The summed E-state index contributed by atoms with van der Waals surface area (Å²) in [6.45, 7) is -0.480. The van der Waals surface area contributed by atoms with Crippen molar-refractivity contribution >= 4 is 28.4 Å². The Kier molecular flexibility index (Phi) is 6.36. The third-order valence-electron chi connectivity index (χ3n) is 5.90. The van der Waals surface area contributed by atoms with Crippen molar-refractivity contribution in [3.05, 3.63) is 116 Å². The number of nitrogens with zero attached hydrogens (tertiary/aromatic N) is 2. The molecule has 0 aliphatic heterocycles. The van der Waals surface area contributed by atoms with Crippen molar-refractivity contribution in [3.8, 4) is 22.8 Å². The van der Waals surface area contributed by atoms with Crippen LogP contribution in [0.25, 0.3) is 28.0 Å². The molecular weight excluding hydrogens is 488 g/mol. The number of nitrogens with two attached hydrogens (primary N) is 1. The lowest BCUT2D eigenvalue weighted by Gasteiger charge is -2.15. The maximum atomic E-state index is 12.7. The molecule has 0 spiro atoms. The van der Waals surface area contributed by atoms with Crippen molar-refractivity contribution in [3.63, 3.8) is 0 Å². The summed E-state index contributed by atoms with van der Waals surface area (Å²) in [4.78, 5) is 50.7. The zero-order chi connectivity index (χ0) is 26.8. The molecule has 190 valence electrons. The van der Waals surface area contributed by atoms with Gasteiger partial charge in [-0.05, 0) is 30.3 Å². The van der Waals surface area contributed by atoms with Crippen LogP contribution < -0.4 is 32.5 Å². The zero-order valence-electron chi connectivity index (χ0n) is 20.2. The number of rotatable bonds is 6. The minimum atomic E-state index is -0.759. The Morgan fingerprint density at radius 3 is 2.34 bits per heavy atom. The van der Waals surface area contributed by atoms with Crippen LogP contribution in [-0.2, 0) is 11.8 Å². The summed E-state index contributed by atoms with van der Waals surface area (Å²) in [5, 5.41) is 2.73. The molecule has 0 saturated heterocycles. The molecule has 3 N–H and O–H groups in total. The summed E-state index contributed by atoms with van der Waals surface area (Å²) in [5.41, 5.74) is 5.77. The average molecular weight is 511 g/mol. The molecule has 10 nitrogen and oxygen atoms in total. The van der Waals surface area contributed by atoms with Crippen LogP contribution in [0, 0.1) is 0 Å². The van der Waals surface area contributed by atoms with Crippen molar-refractivity contribution in [2.45, 2.75) is 0 Å². The summed E-state index contributed by atoms with van der Waals surface area (Å²) in [6, 6.07) is 23.8. The number of hydrogen-bond acceptors (Lipinski definition) is 7. The Balaban J connectivity index is 1.37. The number of benzene rings is 3. The van der Waals surface area contributed by atoms with Gasteiger partial charge in [-0.2, -0.15) is 0 Å². The molecule has 0 saturated carbocycles. The van der Waals surface area contributed by atoms with Gasteiger partial charge in [-0.25, -0.2) is 9.36 Å². The van der Waals surface area contributed by atoms with Gasteiger partial charge in [-0.15, -0.1) is 0 Å². The fourth-order valence-electron chi connectivity index (χ4n) is 3.97. The predicted octanol–water partition coefficient (Wildman–Crippen LogP) is 2.91. The molecule has 5 rings (SSSR count). The molecule has 2 heterocycles. The maximum absolute atomic E-state index is 12.7. The summed E-state index contributed by atoms with van der Waals surface area (Å²) in [6.07, 6.45) is 0. The van der Waals surface area contributed by atoms with E-state index in [2.05, 4.69) is 5.32 Å². The molecule has 0 aliphatic rings. The number of anilines is 2. The van der Waals surface area contributed by atoms with Gasteiger partial charge in [-0.3, -0.25) is 19.0 Å². The maximum Gasteiger partial charge on any atom is 0.337 e. The van der Waals surface area contributed by atoms with Crippen LogP contribution in [0.2, 0.25) is 0 Å². The standard InChI is InChI=1S/C28H22N4O6/c1-31-27(35)25(26(29)32(28(31)36)18-10-6-3-7-11-18)30-24(34)16-37-19-12-13-22-20(14-19)21(33)15-23(38-22)17-8-4-2-5-9-17/h2-15H,16,29H2,1H3,(H,30,34). The van der Waals surface area contributed by atoms with E-state index >= 15 is 0 Å². The number of para-hydroxylation sites is 1. The van der Waals surface area contributed by atoms with Crippen LogP contribution in [0.15, 0.2) is 104 Å². The number of ether oxygens (including phenoxy) is 1. The molecule has 0 fully saturated rings. The lowest BCUT2D eigenvalue weighted by atomic mass is 10.1. The molecule has 0 radical (unpaired) electrons.